The molecule has 0 aliphatic heterocycles. The van der Waals surface area contributed by atoms with Crippen molar-refractivity contribution in [3.05, 3.63) is 95.1 Å². The third-order valence-electron chi connectivity index (χ3n) is 7.86. The van der Waals surface area contributed by atoms with Crippen LogP contribution < -0.4 is 15.4 Å². The van der Waals surface area contributed by atoms with Gasteiger partial charge in [0.1, 0.15) is 23.4 Å². The lowest BCUT2D eigenvalue weighted by Crippen LogP contribution is -2.56. The highest BCUT2D eigenvalue weighted by atomic mass is 16.6. The maximum atomic E-state index is 15.0. The highest BCUT2D eigenvalue weighted by Crippen LogP contribution is 2.33. The lowest BCUT2D eigenvalue weighted by Gasteiger charge is -2.40. The van der Waals surface area contributed by atoms with Crippen molar-refractivity contribution >= 4 is 23.6 Å². The smallest absolute Gasteiger partial charge is 0.408 e. The molecule has 0 saturated carbocycles. The summed E-state index contributed by atoms with van der Waals surface area (Å²) in [6.07, 6.45) is 1.06. The van der Waals surface area contributed by atoms with E-state index >= 15 is 0 Å². The SMILES string of the molecule is COc1ccc(NC(=O)C(c2c(C)cccc2C)N(C(=O)C(Cc2ccccc2)NC(=O)OC(C)(C)C)C(C)CCC(C)C)cc1. The third kappa shape index (κ3) is 10.4. The number of carbonyl (C=O) groups excluding carboxylic acids is 3. The first-order chi connectivity index (χ1) is 21.7. The van der Waals surface area contributed by atoms with Gasteiger partial charge in [0.2, 0.25) is 5.91 Å². The van der Waals surface area contributed by atoms with Crippen LogP contribution in [0, 0.1) is 19.8 Å². The molecule has 8 heteroatoms. The van der Waals surface area contributed by atoms with Gasteiger partial charge in [0, 0.05) is 18.2 Å². The molecule has 3 rings (SSSR count). The van der Waals surface area contributed by atoms with Gasteiger partial charge in [-0.2, -0.15) is 0 Å². The van der Waals surface area contributed by atoms with Gasteiger partial charge in [-0.15, -0.1) is 0 Å². The number of carbonyl (C=O) groups is 3. The average molecular weight is 630 g/mol. The first-order valence-corrected chi connectivity index (χ1v) is 16.1. The standard InChI is InChI=1S/C38H51N3O5/c1-25(2)18-19-28(5)41(36(43)32(24-29-16-11-10-12-17-29)40-37(44)46-38(6,7)8)34(33-26(3)14-13-15-27(33)4)35(42)39-30-20-22-31(45-9)23-21-30/h10-17,20-23,25,28,32,34H,18-19,24H2,1-9H3,(H,39,42)(H,40,44). The highest BCUT2D eigenvalue weighted by molar-refractivity contribution is 5.99. The summed E-state index contributed by atoms with van der Waals surface area (Å²) >= 11 is 0. The molecule has 8 nitrogen and oxygen atoms in total. The molecule has 0 aliphatic carbocycles. The molecule has 0 aromatic heterocycles. The van der Waals surface area contributed by atoms with Crippen molar-refractivity contribution in [1.29, 1.82) is 0 Å². The van der Waals surface area contributed by atoms with Gasteiger partial charge in [0.05, 0.1) is 7.11 Å². The average Bonchev–Trinajstić information content (AvgIpc) is 2.98. The summed E-state index contributed by atoms with van der Waals surface area (Å²) in [5, 5.41) is 5.92. The number of alkyl carbamates (subject to hydrolysis) is 1. The van der Waals surface area contributed by atoms with Crippen molar-refractivity contribution in [3.8, 4) is 5.75 Å². The summed E-state index contributed by atoms with van der Waals surface area (Å²) in [5.41, 5.74) is 3.24. The van der Waals surface area contributed by atoms with E-state index in [1.54, 1.807) is 57.0 Å². The van der Waals surface area contributed by atoms with Crippen molar-refractivity contribution in [2.75, 3.05) is 12.4 Å². The van der Waals surface area contributed by atoms with Crippen LogP contribution in [0.25, 0.3) is 0 Å². The first-order valence-electron chi connectivity index (χ1n) is 16.1. The molecular weight excluding hydrogens is 578 g/mol. The Hall–Kier alpha value is -4.33. The highest BCUT2D eigenvalue weighted by Gasteiger charge is 2.40. The molecule has 3 aromatic carbocycles. The summed E-state index contributed by atoms with van der Waals surface area (Å²) < 4.78 is 10.9. The zero-order valence-electron chi connectivity index (χ0n) is 28.8. The molecule has 3 unspecified atom stereocenters. The molecule has 0 fully saturated rings. The number of anilines is 1. The number of ether oxygens (including phenoxy) is 2. The van der Waals surface area contributed by atoms with Crippen LogP contribution in [0.5, 0.6) is 5.75 Å². The topological polar surface area (TPSA) is 97.0 Å². The third-order valence-corrected chi connectivity index (χ3v) is 7.86. The van der Waals surface area contributed by atoms with Crippen molar-refractivity contribution in [2.45, 2.75) is 98.4 Å². The summed E-state index contributed by atoms with van der Waals surface area (Å²) in [7, 11) is 1.59. The first kappa shape index (κ1) is 36.1. The minimum absolute atomic E-state index is 0.228. The Labute approximate surface area is 274 Å². The Morgan fingerprint density at radius 2 is 1.43 bits per heavy atom. The zero-order valence-corrected chi connectivity index (χ0v) is 28.8. The van der Waals surface area contributed by atoms with Crippen LogP contribution in [-0.4, -0.2) is 47.6 Å². The van der Waals surface area contributed by atoms with Crippen molar-refractivity contribution in [2.24, 2.45) is 5.92 Å². The van der Waals surface area contributed by atoms with E-state index in [4.69, 9.17) is 9.47 Å². The second-order valence-electron chi connectivity index (χ2n) is 13.4. The van der Waals surface area contributed by atoms with Crippen LogP contribution in [-0.2, 0) is 20.7 Å². The molecule has 46 heavy (non-hydrogen) atoms. The van der Waals surface area contributed by atoms with Crippen LogP contribution in [0.15, 0.2) is 72.8 Å². The molecule has 0 bridgehead atoms. The van der Waals surface area contributed by atoms with Gasteiger partial charge >= 0.3 is 6.09 Å². The fourth-order valence-electron chi connectivity index (χ4n) is 5.53. The van der Waals surface area contributed by atoms with Crippen LogP contribution >= 0.6 is 0 Å². The minimum atomic E-state index is -0.987. The quantitative estimate of drug-likeness (QED) is 0.201. The van der Waals surface area contributed by atoms with Crippen LogP contribution in [0.4, 0.5) is 10.5 Å². The van der Waals surface area contributed by atoms with Gasteiger partial charge in [-0.1, -0.05) is 62.4 Å². The van der Waals surface area contributed by atoms with Gasteiger partial charge in [-0.05, 0) is 107 Å². The summed E-state index contributed by atoms with van der Waals surface area (Å²) in [5.74, 6) is 0.359. The van der Waals surface area contributed by atoms with Crippen LogP contribution in [0.2, 0.25) is 0 Å². The van der Waals surface area contributed by atoms with Crippen molar-refractivity contribution in [3.63, 3.8) is 0 Å². The molecule has 248 valence electrons. The van der Waals surface area contributed by atoms with Crippen molar-refractivity contribution in [1.82, 2.24) is 10.2 Å². The van der Waals surface area contributed by atoms with E-state index < -0.39 is 23.8 Å². The number of nitrogens with one attached hydrogen (secondary N) is 2. The molecule has 3 amide bonds. The number of hydrogen-bond donors (Lipinski definition) is 2. The number of methoxy groups -OCH3 is 1. The minimum Gasteiger partial charge on any atom is -0.497 e. The number of aryl methyl sites for hydroxylation is 2. The second-order valence-corrected chi connectivity index (χ2v) is 13.4. The Morgan fingerprint density at radius 1 is 0.826 bits per heavy atom. The van der Waals surface area contributed by atoms with Crippen molar-refractivity contribution < 1.29 is 23.9 Å². The van der Waals surface area contributed by atoms with E-state index in [2.05, 4.69) is 24.5 Å². The molecule has 0 aliphatic rings. The lowest BCUT2D eigenvalue weighted by atomic mass is 9.91. The van der Waals surface area contributed by atoms with Gasteiger partial charge in [-0.3, -0.25) is 9.59 Å². The van der Waals surface area contributed by atoms with Gasteiger partial charge in [0.15, 0.2) is 0 Å². The molecular formula is C38H51N3O5. The number of rotatable bonds is 13. The zero-order chi connectivity index (χ0) is 34.0. The number of hydrogen-bond acceptors (Lipinski definition) is 5. The fraction of sp³-hybridized carbons (Fsp3) is 0.447. The Morgan fingerprint density at radius 3 is 1.98 bits per heavy atom. The van der Waals surface area contributed by atoms with E-state index in [1.165, 1.54) is 0 Å². The van der Waals surface area contributed by atoms with E-state index in [1.807, 2.05) is 69.3 Å². The fourth-order valence-corrected chi connectivity index (χ4v) is 5.53. The molecule has 3 atom stereocenters. The monoisotopic (exact) mass is 629 g/mol. The van der Waals surface area contributed by atoms with E-state index in [0.717, 1.165) is 28.7 Å². The largest absolute Gasteiger partial charge is 0.497 e. The van der Waals surface area contributed by atoms with Gasteiger partial charge < -0.3 is 25.0 Å². The van der Waals surface area contributed by atoms with E-state index in [0.29, 0.717) is 23.8 Å². The normalized spacial score (nSPS) is 13.3. The predicted octanol–water partition coefficient (Wildman–Crippen LogP) is 7.78. The number of nitrogens with zero attached hydrogens (tertiary/aromatic N) is 1. The van der Waals surface area contributed by atoms with E-state index in [-0.39, 0.29) is 24.3 Å². The summed E-state index contributed by atoms with van der Waals surface area (Å²) in [6, 6.07) is 20.2. The Bertz CT molecular complexity index is 1430. The number of amides is 3. The Balaban J connectivity index is 2.17. The van der Waals surface area contributed by atoms with E-state index in [9.17, 15) is 14.4 Å². The maximum Gasteiger partial charge on any atom is 0.408 e. The molecule has 2 N–H and O–H groups in total. The van der Waals surface area contributed by atoms with Crippen LogP contribution in [0.1, 0.15) is 82.7 Å². The Kier molecular flexibility index (Phi) is 12.8. The summed E-state index contributed by atoms with van der Waals surface area (Å²) in [4.78, 5) is 44.3. The van der Waals surface area contributed by atoms with Crippen LogP contribution in [0.3, 0.4) is 0 Å². The molecule has 0 saturated heterocycles. The maximum absolute atomic E-state index is 15.0. The molecule has 0 heterocycles. The molecule has 3 aromatic rings. The van der Waals surface area contributed by atoms with Gasteiger partial charge in [-0.25, -0.2) is 4.79 Å². The number of benzene rings is 3. The molecule has 0 spiro atoms. The second kappa shape index (κ2) is 16.3. The summed E-state index contributed by atoms with van der Waals surface area (Å²) in [6.45, 7) is 15.5. The predicted molar refractivity (Wildman–Crippen MR) is 184 cm³/mol. The lowest BCUT2D eigenvalue weighted by molar-refractivity contribution is -0.143. The molecule has 0 radical (unpaired) electrons. The van der Waals surface area contributed by atoms with Gasteiger partial charge in [0.25, 0.3) is 5.91 Å².